The van der Waals surface area contributed by atoms with Crippen molar-refractivity contribution in [3.8, 4) is 17.6 Å². The molecule has 0 amide bonds. The van der Waals surface area contributed by atoms with Crippen LogP contribution in [0.25, 0.3) is 0 Å². The Hall–Kier alpha value is -2.79. The van der Waals surface area contributed by atoms with E-state index in [2.05, 4.69) is 9.71 Å². The highest BCUT2D eigenvalue weighted by molar-refractivity contribution is 7.92. The topological polar surface area (TPSA) is 112 Å². The van der Waals surface area contributed by atoms with Crippen molar-refractivity contribution in [2.45, 2.75) is 4.90 Å². The van der Waals surface area contributed by atoms with Gasteiger partial charge >= 0.3 is 0 Å². The van der Waals surface area contributed by atoms with Crippen LogP contribution in [0.4, 0.5) is 5.69 Å². The average Bonchev–Trinajstić information content (AvgIpc) is 2.49. The first-order valence-corrected chi connectivity index (χ1v) is 7.20. The Morgan fingerprint density at radius 2 is 2.10 bits per heavy atom. The summed E-state index contributed by atoms with van der Waals surface area (Å²) in [6.07, 6.45) is 1.07. The summed E-state index contributed by atoms with van der Waals surface area (Å²) in [7, 11) is -2.50. The molecule has 0 saturated heterocycles. The molecule has 8 heteroatoms. The minimum atomic E-state index is -3.92. The van der Waals surface area contributed by atoms with Gasteiger partial charge in [0.2, 0.25) is 0 Å². The number of nitriles is 1. The van der Waals surface area contributed by atoms with E-state index in [1.165, 1.54) is 37.4 Å². The SMILES string of the molecule is COc1ccc(O)c(NS(=O)(=O)c2ccc(C#N)nc2)c1. The van der Waals surface area contributed by atoms with Gasteiger partial charge in [0, 0.05) is 12.3 Å². The third kappa shape index (κ3) is 3.21. The van der Waals surface area contributed by atoms with Gasteiger partial charge in [-0.15, -0.1) is 0 Å². The van der Waals surface area contributed by atoms with Crippen molar-refractivity contribution in [3.63, 3.8) is 0 Å². The predicted molar refractivity (Wildman–Crippen MR) is 74.4 cm³/mol. The van der Waals surface area contributed by atoms with E-state index >= 15 is 0 Å². The molecular formula is C13H11N3O4S. The van der Waals surface area contributed by atoms with Crippen LogP contribution in [0.15, 0.2) is 41.4 Å². The number of benzene rings is 1. The minimum Gasteiger partial charge on any atom is -0.506 e. The van der Waals surface area contributed by atoms with Crippen LogP contribution in [0.2, 0.25) is 0 Å². The number of hydrogen-bond acceptors (Lipinski definition) is 6. The van der Waals surface area contributed by atoms with E-state index in [4.69, 9.17) is 10.00 Å². The van der Waals surface area contributed by atoms with Crippen LogP contribution in [0.5, 0.6) is 11.5 Å². The maximum atomic E-state index is 12.2. The van der Waals surface area contributed by atoms with Gasteiger partial charge in [-0.05, 0) is 24.3 Å². The molecule has 2 aromatic rings. The molecular weight excluding hydrogens is 294 g/mol. The van der Waals surface area contributed by atoms with Gasteiger partial charge in [-0.3, -0.25) is 4.72 Å². The van der Waals surface area contributed by atoms with Crippen molar-refractivity contribution in [1.29, 1.82) is 5.26 Å². The Balaban J connectivity index is 2.35. The molecule has 0 aliphatic heterocycles. The second-order valence-corrected chi connectivity index (χ2v) is 5.66. The minimum absolute atomic E-state index is 0.0151. The number of phenols is 1. The third-order valence-electron chi connectivity index (χ3n) is 2.61. The maximum absolute atomic E-state index is 12.2. The molecule has 21 heavy (non-hydrogen) atoms. The predicted octanol–water partition coefficient (Wildman–Crippen LogP) is 1.47. The first kappa shape index (κ1) is 14.6. The van der Waals surface area contributed by atoms with Crippen molar-refractivity contribution in [1.82, 2.24) is 4.98 Å². The van der Waals surface area contributed by atoms with Crippen LogP contribution in [0, 0.1) is 11.3 Å². The van der Waals surface area contributed by atoms with Crippen LogP contribution < -0.4 is 9.46 Å². The van der Waals surface area contributed by atoms with E-state index < -0.39 is 10.0 Å². The molecule has 1 heterocycles. The average molecular weight is 305 g/mol. The Morgan fingerprint density at radius 3 is 2.67 bits per heavy atom. The molecule has 7 nitrogen and oxygen atoms in total. The molecule has 1 aromatic heterocycles. The van der Waals surface area contributed by atoms with Gasteiger partial charge in [0.15, 0.2) is 0 Å². The molecule has 0 aliphatic carbocycles. The van der Waals surface area contributed by atoms with Crippen LogP contribution in [0.1, 0.15) is 5.69 Å². The summed E-state index contributed by atoms with van der Waals surface area (Å²) in [4.78, 5) is 3.57. The molecule has 1 aromatic carbocycles. The van der Waals surface area contributed by atoms with Crippen LogP contribution in [-0.4, -0.2) is 25.6 Å². The van der Waals surface area contributed by atoms with Gasteiger partial charge < -0.3 is 9.84 Å². The second kappa shape index (κ2) is 5.68. The summed E-state index contributed by atoms with van der Waals surface area (Å²) in [5.74, 6) is 0.157. The largest absolute Gasteiger partial charge is 0.506 e. The molecule has 0 atom stereocenters. The van der Waals surface area contributed by atoms with Crippen LogP contribution in [0.3, 0.4) is 0 Å². The zero-order valence-electron chi connectivity index (χ0n) is 10.9. The van der Waals surface area contributed by atoms with Gasteiger partial charge in [-0.2, -0.15) is 5.26 Å². The molecule has 2 N–H and O–H groups in total. The fourth-order valence-electron chi connectivity index (χ4n) is 1.53. The number of rotatable bonds is 4. The molecule has 0 unspecified atom stereocenters. The number of pyridine rings is 1. The number of anilines is 1. The number of aromatic nitrogens is 1. The molecule has 0 fully saturated rings. The molecule has 0 saturated carbocycles. The van der Waals surface area contributed by atoms with E-state index in [-0.39, 0.29) is 22.0 Å². The number of nitrogens with one attached hydrogen (secondary N) is 1. The number of phenolic OH excluding ortho intramolecular Hbond substituents is 1. The standard InChI is InChI=1S/C13H11N3O4S/c1-20-10-3-5-13(17)12(6-10)16-21(18,19)11-4-2-9(7-14)15-8-11/h2-6,8,16-17H,1H3. The number of hydrogen-bond donors (Lipinski definition) is 2. The van der Waals surface area contributed by atoms with Gasteiger partial charge in [-0.25, -0.2) is 13.4 Å². The van der Waals surface area contributed by atoms with E-state index in [0.29, 0.717) is 5.75 Å². The number of ether oxygens (including phenoxy) is 1. The van der Waals surface area contributed by atoms with E-state index in [9.17, 15) is 13.5 Å². The summed E-state index contributed by atoms with van der Waals surface area (Å²) < 4.78 is 31.5. The first-order valence-electron chi connectivity index (χ1n) is 5.72. The molecule has 0 aliphatic rings. The van der Waals surface area contributed by atoms with Gasteiger partial charge in [0.1, 0.15) is 28.2 Å². The van der Waals surface area contributed by atoms with Crippen LogP contribution in [-0.2, 0) is 10.0 Å². The lowest BCUT2D eigenvalue weighted by atomic mass is 10.3. The summed E-state index contributed by atoms with van der Waals surface area (Å²) in [5, 5.41) is 18.3. The van der Waals surface area contributed by atoms with Crippen molar-refractivity contribution in [2.75, 3.05) is 11.8 Å². The number of methoxy groups -OCH3 is 1. The lowest BCUT2D eigenvalue weighted by Crippen LogP contribution is -2.13. The quantitative estimate of drug-likeness (QED) is 0.827. The van der Waals surface area contributed by atoms with Crippen molar-refractivity contribution < 1.29 is 18.3 Å². The monoisotopic (exact) mass is 305 g/mol. The molecule has 0 spiro atoms. The lowest BCUT2D eigenvalue weighted by Gasteiger charge is -2.10. The Bertz CT molecular complexity index is 795. The zero-order valence-corrected chi connectivity index (χ0v) is 11.8. The fraction of sp³-hybridized carbons (Fsp3) is 0.0769. The summed E-state index contributed by atoms with van der Waals surface area (Å²) in [6, 6.07) is 8.50. The number of aromatic hydroxyl groups is 1. The Labute approximate surface area is 121 Å². The highest BCUT2D eigenvalue weighted by atomic mass is 32.2. The summed E-state index contributed by atoms with van der Waals surface area (Å²) >= 11 is 0. The highest BCUT2D eigenvalue weighted by Gasteiger charge is 2.17. The Kier molecular flexibility index (Phi) is 3.95. The lowest BCUT2D eigenvalue weighted by molar-refractivity contribution is 0.413. The Morgan fingerprint density at radius 1 is 1.33 bits per heavy atom. The highest BCUT2D eigenvalue weighted by Crippen LogP contribution is 2.29. The smallest absolute Gasteiger partial charge is 0.263 e. The van der Waals surface area contributed by atoms with Gasteiger partial charge in [-0.1, -0.05) is 0 Å². The molecule has 2 rings (SSSR count). The maximum Gasteiger partial charge on any atom is 0.263 e. The first-order chi connectivity index (χ1) is 9.96. The molecule has 0 bridgehead atoms. The van der Waals surface area contributed by atoms with Crippen molar-refractivity contribution in [2.24, 2.45) is 0 Å². The summed E-state index contributed by atoms with van der Waals surface area (Å²) in [6.45, 7) is 0. The molecule has 108 valence electrons. The fourth-order valence-corrected chi connectivity index (χ4v) is 2.54. The van der Waals surface area contributed by atoms with Crippen molar-refractivity contribution >= 4 is 15.7 Å². The van der Waals surface area contributed by atoms with Gasteiger partial charge in [0.05, 0.1) is 12.8 Å². The van der Waals surface area contributed by atoms with Crippen molar-refractivity contribution in [3.05, 3.63) is 42.2 Å². The summed E-state index contributed by atoms with van der Waals surface area (Å²) in [5.41, 5.74) is 0.0943. The third-order valence-corrected chi connectivity index (χ3v) is 3.96. The van der Waals surface area contributed by atoms with E-state index in [0.717, 1.165) is 6.20 Å². The normalized spacial score (nSPS) is 10.7. The zero-order chi connectivity index (χ0) is 15.5. The number of sulfonamides is 1. The van der Waals surface area contributed by atoms with E-state index in [1.54, 1.807) is 6.07 Å². The second-order valence-electron chi connectivity index (χ2n) is 3.98. The van der Waals surface area contributed by atoms with Gasteiger partial charge in [0.25, 0.3) is 10.0 Å². The number of nitrogens with zero attached hydrogens (tertiary/aromatic N) is 2. The molecule has 0 radical (unpaired) electrons. The van der Waals surface area contributed by atoms with E-state index in [1.807, 2.05) is 0 Å². The van der Waals surface area contributed by atoms with Crippen LogP contribution >= 0.6 is 0 Å².